The number of benzene rings is 2. The van der Waals surface area contributed by atoms with Gasteiger partial charge in [-0.1, -0.05) is 29.3 Å². The first-order chi connectivity index (χ1) is 12.9. The number of halogens is 2. The standard InChI is InChI=1S/C21H18Cl2N2O2/c1-13-9-15(14(2)25(13)18-6-4-5-16(22)10-18)12-24-17-7-8-19(20(23)11-17)21(26)27-3/h4-12H,1-3H3. The SMILES string of the molecule is COC(=O)c1ccc(N=Cc2cc(C)n(-c3cccc(Cl)c3)c2C)cc1Cl. The number of methoxy groups -OCH3 is 1. The minimum absolute atomic E-state index is 0.306. The van der Waals surface area contributed by atoms with Crippen LogP contribution in [0.4, 0.5) is 5.69 Å². The molecule has 2 aromatic carbocycles. The van der Waals surface area contributed by atoms with Gasteiger partial charge in [0.2, 0.25) is 0 Å². The zero-order valence-electron chi connectivity index (χ0n) is 15.2. The van der Waals surface area contributed by atoms with Gasteiger partial charge in [0.1, 0.15) is 0 Å². The van der Waals surface area contributed by atoms with Crippen molar-refractivity contribution in [2.75, 3.05) is 7.11 Å². The Morgan fingerprint density at radius 2 is 1.89 bits per heavy atom. The number of carbonyl (C=O) groups is 1. The predicted molar refractivity (Wildman–Crippen MR) is 110 cm³/mol. The largest absolute Gasteiger partial charge is 0.465 e. The Balaban J connectivity index is 1.92. The van der Waals surface area contributed by atoms with Gasteiger partial charge >= 0.3 is 5.97 Å². The van der Waals surface area contributed by atoms with Gasteiger partial charge in [0.25, 0.3) is 0 Å². The highest BCUT2D eigenvalue weighted by Crippen LogP contribution is 2.25. The molecule has 0 spiro atoms. The van der Waals surface area contributed by atoms with Crippen molar-refractivity contribution in [3.05, 3.63) is 81.1 Å². The lowest BCUT2D eigenvalue weighted by Crippen LogP contribution is -2.01. The Morgan fingerprint density at radius 3 is 2.56 bits per heavy atom. The molecule has 27 heavy (non-hydrogen) atoms. The van der Waals surface area contributed by atoms with E-state index in [1.807, 2.05) is 38.1 Å². The summed E-state index contributed by atoms with van der Waals surface area (Å²) in [4.78, 5) is 16.1. The fraction of sp³-hybridized carbons (Fsp3) is 0.143. The van der Waals surface area contributed by atoms with Crippen LogP contribution in [0.15, 0.2) is 53.5 Å². The highest BCUT2D eigenvalue weighted by Gasteiger charge is 2.12. The normalized spacial score (nSPS) is 11.1. The maximum Gasteiger partial charge on any atom is 0.339 e. The quantitative estimate of drug-likeness (QED) is 0.401. The smallest absolute Gasteiger partial charge is 0.339 e. The lowest BCUT2D eigenvalue weighted by molar-refractivity contribution is 0.0601. The lowest BCUT2D eigenvalue weighted by atomic mass is 10.2. The fourth-order valence-electron chi connectivity index (χ4n) is 2.93. The molecule has 1 aromatic heterocycles. The summed E-state index contributed by atoms with van der Waals surface area (Å²) in [5.41, 5.74) is 5.09. The Labute approximate surface area is 168 Å². The first kappa shape index (κ1) is 19.2. The van der Waals surface area contributed by atoms with E-state index in [0.717, 1.165) is 22.6 Å². The highest BCUT2D eigenvalue weighted by atomic mass is 35.5. The van der Waals surface area contributed by atoms with Gasteiger partial charge in [-0.05, 0) is 56.3 Å². The van der Waals surface area contributed by atoms with Gasteiger partial charge in [-0.2, -0.15) is 0 Å². The van der Waals surface area contributed by atoms with Gasteiger partial charge in [-0.15, -0.1) is 0 Å². The Hall–Kier alpha value is -2.56. The maximum absolute atomic E-state index is 11.6. The van der Waals surface area contributed by atoms with Crippen molar-refractivity contribution >= 4 is 41.1 Å². The molecule has 0 N–H and O–H groups in total. The molecule has 3 aromatic rings. The molecule has 0 aliphatic heterocycles. The van der Waals surface area contributed by atoms with Crippen molar-refractivity contribution in [1.82, 2.24) is 4.57 Å². The maximum atomic E-state index is 11.6. The van der Waals surface area contributed by atoms with Crippen molar-refractivity contribution in [1.29, 1.82) is 0 Å². The van der Waals surface area contributed by atoms with Crippen LogP contribution in [-0.4, -0.2) is 23.9 Å². The van der Waals surface area contributed by atoms with Crippen LogP contribution in [0.25, 0.3) is 5.69 Å². The van der Waals surface area contributed by atoms with E-state index < -0.39 is 5.97 Å². The van der Waals surface area contributed by atoms with Gasteiger partial charge in [0.05, 0.1) is 23.4 Å². The second-order valence-corrected chi connectivity index (χ2v) is 6.90. The molecule has 138 valence electrons. The van der Waals surface area contributed by atoms with Crippen molar-refractivity contribution < 1.29 is 9.53 Å². The molecule has 0 unspecified atom stereocenters. The number of aryl methyl sites for hydroxylation is 1. The van der Waals surface area contributed by atoms with E-state index in [1.165, 1.54) is 7.11 Å². The molecule has 4 nitrogen and oxygen atoms in total. The molecular formula is C21H18Cl2N2O2. The Kier molecular flexibility index (Phi) is 5.68. The monoisotopic (exact) mass is 400 g/mol. The summed E-state index contributed by atoms with van der Waals surface area (Å²) in [7, 11) is 1.32. The van der Waals surface area contributed by atoms with E-state index in [9.17, 15) is 4.79 Å². The number of rotatable bonds is 4. The van der Waals surface area contributed by atoms with Crippen LogP contribution in [0.5, 0.6) is 0 Å². The number of aromatic nitrogens is 1. The number of carbonyl (C=O) groups excluding carboxylic acids is 1. The van der Waals surface area contributed by atoms with Crippen LogP contribution in [0.3, 0.4) is 0 Å². The number of hydrogen-bond acceptors (Lipinski definition) is 3. The van der Waals surface area contributed by atoms with Gasteiger partial charge in [-0.25, -0.2) is 4.79 Å². The van der Waals surface area contributed by atoms with Crippen LogP contribution in [-0.2, 0) is 4.74 Å². The summed E-state index contributed by atoms with van der Waals surface area (Å²) in [6.45, 7) is 4.07. The molecule has 1 heterocycles. The summed E-state index contributed by atoms with van der Waals surface area (Å²) >= 11 is 12.3. The molecular weight excluding hydrogens is 383 g/mol. The van der Waals surface area contributed by atoms with E-state index in [0.29, 0.717) is 21.3 Å². The lowest BCUT2D eigenvalue weighted by Gasteiger charge is -2.09. The van der Waals surface area contributed by atoms with Crippen LogP contribution < -0.4 is 0 Å². The van der Waals surface area contributed by atoms with E-state index in [4.69, 9.17) is 27.9 Å². The molecule has 0 bridgehead atoms. The van der Waals surface area contributed by atoms with Gasteiger partial charge in [0, 0.05) is 33.9 Å². The number of esters is 1. The van der Waals surface area contributed by atoms with Gasteiger partial charge < -0.3 is 9.30 Å². The van der Waals surface area contributed by atoms with Crippen LogP contribution >= 0.6 is 23.2 Å². The summed E-state index contributed by atoms with van der Waals surface area (Å²) in [6.07, 6.45) is 1.78. The topological polar surface area (TPSA) is 43.6 Å². The van der Waals surface area contributed by atoms with E-state index in [1.54, 1.807) is 24.4 Å². The zero-order chi connectivity index (χ0) is 19.6. The summed E-state index contributed by atoms with van der Waals surface area (Å²) in [5.74, 6) is -0.472. The fourth-order valence-corrected chi connectivity index (χ4v) is 3.37. The number of nitrogens with zero attached hydrogens (tertiary/aromatic N) is 2. The Morgan fingerprint density at radius 1 is 1.11 bits per heavy atom. The third-order valence-corrected chi connectivity index (χ3v) is 4.80. The average Bonchev–Trinajstić information content (AvgIpc) is 2.93. The van der Waals surface area contributed by atoms with Crippen LogP contribution in [0.1, 0.15) is 27.3 Å². The average molecular weight is 401 g/mol. The summed E-state index contributed by atoms with van der Waals surface area (Å²) in [5, 5.41) is 0.997. The van der Waals surface area contributed by atoms with Gasteiger partial charge in [0.15, 0.2) is 0 Å². The first-order valence-corrected chi connectivity index (χ1v) is 9.03. The third-order valence-electron chi connectivity index (χ3n) is 4.25. The highest BCUT2D eigenvalue weighted by molar-refractivity contribution is 6.33. The van der Waals surface area contributed by atoms with Crippen LogP contribution in [0.2, 0.25) is 10.0 Å². The van der Waals surface area contributed by atoms with Crippen molar-refractivity contribution in [2.24, 2.45) is 4.99 Å². The molecule has 6 heteroatoms. The summed E-state index contributed by atoms with van der Waals surface area (Å²) in [6, 6.07) is 14.7. The molecule has 0 aliphatic carbocycles. The number of aliphatic imine (C=N–C) groups is 1. The second kappa shape index (κ2) is 7.99. The second-order valence-electron chi connectivity index (χ2n) is 6.06. The number of ether oxygens (including phenoxy) is 1. The van der Waals surface area contributed by atoms with Crippen LogP contribution in [0, 0.1) is 13.8 Å². The minimum atomic E-state index is -0.472. The molecule has 0 atom stereocenters. The third kappa shape index (κ3) is 4.07. The molecule has 0 saturated heterocycles. The Bertz CT molecular complexity index is 1040. The van der Waals surface area contributed by atoms with Gasteiger partial charge in [-0.3, -0.25) is 4.99 Å². The van der Waals surface area contributed by atoms with E-state index in [-0.39, 0.29) is 0 Å². The van der Waals surface area contributed by atoms with Crippen molar-refractivity contribution in [3.8, 4) is 5.69 Å². The first-order valence-electron chi connectivity index (χ1n) is 8.27. The molecule has 3 rings (SSSR count). The minimum Gasteiger partial charge on any atom is -0.465 e. The molecule has 0 amide bonds. The summed E-state index contributed by atoms with van der Waals surface area (Å²) < 4.78 is 6.82. The predicted octanol–water partition coefficient (Wildman–Crippen LogP) is 5.94. The van der Waals surface area contributed by atoms with Crippen molar-refractivity contribution in [3.63, 3.8) is 0 Å². The van der Waals surface area contributed by atoms with E-state index in [2.05, 4.69) is 15.6 Å². The molecule has 0 fully saturated rings. The van der Waals surface area contributed by atoms with Crippen molar-refractivity contribution in [2.45, 2.75) is 13.8 Å². The molecule has 0 radical (unpaired) electrons. The number of hydrogen-bond donors (Lipinski definition) is 0. The zero-order valence-corrected chi connectivity index (χ0v) is 16.7. The molecule has 0 aliphatic rings. The van der Waals surface area contributed by atoms with E-state index >= 15 is 0 Å². The molecule has 0 saturated carbocycles.